The summed E-state index contributed by atoms with van der Waals surface area (Å²) in [6.07, 6.45) is 5.65. The van der Waals surface area contributed by atoms with Gasteiger partial charge in [0.15, 0.2) is 0 Å². The molecule has 0 radical (unpaired) electrons. The average Bonchev–Trinajstić information content (AvgIpc) is 2.53. The van der Waals surface area contributed by atoms with Crippen molar-refractivity contribution in [1.29, 1.82) is 0 Å². The van der Waals surface area contributed by atoms with Crippen molar-refractivity contribution in [3.8, 4) is 0 Å². The molecule has 0 amide bonds. The molecule has 2 aliphatic rings. The van der Waals surface area contributed by atoms with Gasteiger partial charge in [0.25, 0.3) is 0 Å². The summed E-state index contributed by atoms with van der Waals surface area (Å²) in [5.74, 6) is 0. The van der Waals surface area contributed by atoms with Gasteiger partial charge in [-0.05, 0) is 45.8 Å². The lowest BCUT2D eigenvalue weighted by atomic mass is 10.0. The van der Waals surface area contributed by atoms with Crippen LogP contribution < -0.4 is 5.32 Å². The maximum absolute atomic E-state index is 3.53. The molecule has 0 aromatic carbocycles. The molecular weight excluding hydrogens is 148 g/mol. The second kappa shape index (κ2) is 3.75. The summed E-state index contributed by atoms with van der Waals surface area (Å²) < 4.78 is 0. The predicted molar refractivity (Wildman–Crippen MR) is 51.3 cm³/mol. The van der Waals surface area contributed by atoms with Crippen molar-refractivity contribution >= 4 is 0 Å². The summed E-state index contributed by atoms with van der Waals surface area (Å²) in [7, 11) is 0. The third-order valence-electron chi connectivity index (χ3n) is 3.34. The molecule has 0 aliphatic carbocycles. The topological polar surface area (TPSA) is 15.3 Å². The van der Waals surface area contributed by atoms with Crippen molar-refractivity contribution in [2.75, 3.05) is 19.6 Å². The van der Waals surface area contributed by atoms with Crippen LogP contribution in [0.3, 0.4) is 0 Å². The zero-order valence-electron chi connectivity index (χ0n) is 8.05. The van der Waals surface area contributed by atoms with E-state index in [9.17, 15) is 0 Å². The van der Waals surface area contributed by atoms with E-state index in [1.165, 1.54) is 45.3 Å². The maximum Gasteiger partial charge on any atom is 0.0258 e. The molecule has 0 saturated carbocycles. The lowest BCUT2D eigenvalue weighted by molar-refractivity contribution is 0.155. The van der Waals surface area contributed by atoms with Crippen LogP contribution in [0.1, 0.15) is 32.6 Å². The highest BCUT2D eigenvalue weighted by Crippen LogP contribution is 2.19. The second-order valence-electron chi connectivity index (χ2n) is 4.20. The normalized spacial score (nSPS) is 38.8. The highest BCUT2D eigenvalue weighted by atomic mass is 15.2. The molecule has 70 valence electrons. The Morgan fingerprint density at radius 3 is 2.50 bits per heavy atom. The molecule has 2 fully saturated rings. The van der Waals surface area contributed by atoms with Crippen LogP contribution in [0.2, 0.25) is 0 Å². The second-order valence-corrected chi connectivity index (χ2v) is 4.20. The van der Waals surface area contributed by atoms with E-state index in [4.69, 9.17) is 0 Å². The highest BCUT2D eigenvalue weighted by Gasteiger charge is 2.28. The molecule has 1 N–H and O–H groups in total. The average molecular weight is 168 g/mol. The Morgan fingerprint density at radius 1 is 1.17 bits per heavy atom. The van der Waals surface area contributed by atoms with Crippen molar-refractivity contribution in [2.45, 2.75) is 44.7 Å². The molecule has 2 rings (SSSR count). The fourth-order valence-electron chi connectivity index (χ4n) is 2.59. The Hall–Kier alpha value is -0.0800. The lowest BCUT2D eigenvalue weighted by Gasteiger charge is -2.34. The third-order valence-corrected chi connectivity index (χ3v) is 3.34. The summed E-state index contributed by atoms with van der Waals surface area (Å²) in [5, 5.41) is 3.53. The van der Waals surface area contributed by atoms with Crippen LogP contribution in [0.15, 0.2) is 0 Å². The van der Waals surface area contributed by atoms with Gasteiger partial charge in [-0.3, -0.25) is 4.90 Å². The summed E-state index contributed by atoms with van der Waals surface area (Å²) in [5.41, 5.74) is 0. The number of hydrogen-bond donors (Lipinski definition) is 1. The third kappa shape index (κ3) is 1.64. The zero-order chi connectivity index (χ0) is 8.39. The number of nitrogens with zero attached hydrogens (tertiary/aromatic N) is 1. The minimum Gasteiger partial charge on any atom is -0.313 e. The molecule has 2 heterocycles. The van der Waals surface area contributed by atoms with Gasteiger partial charge < -0.3 is 5.32 Å². The Balaban J connectivity index is 1.89. The first kappa shape index (κ1) is 8.52. The van der Waals surface area contributed by atoms with Gasteiger partial charge in [-0.15, -0.1) is 0 Å². The molecule has 2 atom stereocenters. The van der Waals surface area contributed by atoms with Crippen LogP contribution in [-0.4, -0.2) is 36.6 Å². The Morgan fingerprint density at radius 2 is 1.92 bits per heavy atom. The van der Waals surface area contributed by atoms with Crippen LogP contribution in [0, 0.1) is 0 Å². The van der Waals surface area contributed by atoms with Crippen molar-refractivity contribution < 1.29 is 0 Å². The molecule has 0 bridgehead atoms. The summed E-state index contributed by atoms with van der Waals surface area (Å²) in [6, 6.07) is 1.56. The van der Waals surface area contributed by atoms with Crippen LogP contribution in [0.5, 0.6) is 0 Å². The first-order chi connectivity index (χ1) is 5.88. The summed E-state index contributed by atoms with van der Waals surface area (Å²) in [4.78, 5) is 2.69. The van der Waals surface area contributed by atoms with Crippen LogP contribution >= 0.6 is 0 Å². The zero-order valence-corrected chi connectivity index (χ0v) is 8.05. The van der Waals surface area contributed by atoms with E-state index < -0.39 is 0 Å². The Bertz CT molecular complexity index is 141. The monoisotopic (exact) mass is 168 g/mol. The molecule has 2 aliphatic heterocycles. The van der Waals surface area contributed by atoms with Gasteiger partial charge in [0, 0.05) is 12.1 Å². The maximum atomic E-state index is 3.53. The fraction of sp³-hybridized carbons (Fsp3) is 1.00. The van der Waals surface area contributed by atoms with E-state index in [0.29, 0.717) is 0 Å². The van der Waals surface area contributed by atoms with E-state index in [-0.39, 0.29) is 0 Å². The predicted octanol–water partition coefficient (Wildman–Crippen LogP) is 1.22. The molecule has 0 unspecified atom stereocenters. The van der Waals surface area contributed by atoms with E-state index in [0.717, 1.165) is 12.1 Å². The molecule has 0 spiro atoms. The van der Waals surface area contributed by atoms with Crippen LogP contribution in [0.25, 0.3) is 0 Å². The highest BCUT2D eigenvalue weighted by molar-refractivity contribution is 4.88. The number of nitrogens with one attached hydrogen (secondary N) is 1. The van der Waals surface area contributed by atoms with E-state index in [1.807, 2.05) is 0 Å². The molecular formula is C10H20N2. The van der Waals surface area contributed by atoms with Gasteiger partial charge in [-0.2, -0.15) is 0 Å². The summed E-state index contributed by atoms with van der Waals surface area (Å²) >= 11 is 0. The number of rotatable bonds is 1. The van der Waals surface area contributed by atoms with E-state index >= 15 is 0 Å². The van der Waals surface area contributed by atoms with Crippen molar-refractivity contribution in [2.24, 2.45) is 0 Å². The first-order valence-corrected chi connectivity index (χ1v) is 5.35. The van der Waals surface area contributed by atoms with Crippen molar-refractivity contribution in [3.05, 3.63) is 0 Å². The van der Waals surface area contributed by atoms with Gasteiger partial charge >= 0.3 is 0 Å². The van der Waals surface area contributed by atoms with Crippen molar-refractivity contribution in [1.82, 2.24) is 10.2 Å². The quantitative estimate of drug-likeness (QED) is 0.633. The van der Waals surface area contributed by atoms with Crippen LogP contribution in [-0.2, 0) is 0 Å². The van der Waals surface area contributed by atoms with Gasteiger partial charge in [-0.25, -0.2) is 0 Å². The van der Waals surface area contributed by atoms with Crippen molar-refractivity contribution in [3.63, 3.8) is 0 Å². The SMILES string of the molecule is C[C@@H]1NCC[C@H]1N1CCCCC1. The number of hydrogen-bond acceptors (Lipinski definition) is 2. The lowest BCUT2D eigenvalue weighted by Crippen LogP contribution is -2.44. The molecule has 0 aromatic rings. The van der Waals surface area contributed by atoms with Gasteiger partial charge in [-0.1, -0.05) is 6.42 Å². The van der Waals surface area contributed by atoms with Gasteiger partial charge in [0.05, 0.1) is 0 Å². The molecule has 2 nitrogen and oxygen atoms in total. The molecule has 0 aromatic heterocycles. The standard InChI is InChI=1S/C10H20N2/c1-9-10(5-6-11-9)12-7-3-2-4-8-12/h9-11H,2-8H2,1H3/t9-,10+/m0/s1. The minimum atomic E-state index is 0.725. The van der Waals surface area contributed by atoms with Gasteiger partial charge in [0.2, 0.25) is 0 Å². The van der Waals surface area contributed by atoms with E-state index in [1.54, 1.807) is 0 Å². The minimum absolute atomic E-state index is 0.725. The largest absolute Gasteiger partial charge is 0.313 e. The molecule has 2 saturated heterocycles. The summed E-state index contributed by atoms with van der Waals surface area (Å²) in [6.45, 7) is 6.24. The van der Waals surface area contributed by atoms with E-state index in [2.05, 4.69) is 17.1 Å². The number of likely N-dealkylation sites (tertiary alicyclic amines) is 1. The molecule has 12 heavy (non-hydrogen) atoms. The van der Waals surface area contributed by atoms with Gasteiger partial charge in [0.1, 0.15) is 0 Å². The Kier molecular flexibility index (Phi) is 2.66. The first-order valence-electron chi connectivity index (χ1n) is 5.35. The fourth-order valence-corrected chi connectivity index (χ4v) is 2.59. The smallest absolute Gasteiger partial charge is 0.0258 e. The molecule has 2 heteroatoms. The number of piperidine rings is 1. The van der Waals surface area contributed by atoms with Crippen LogP contribution in [0.4, 0.5) is 0 Å². The Labute approximate surface area is 75.3 Å².